The van der Waals surface area contributed by atoms with Gasteiger partial charge in [-0.2, -0.15) is 11.3 Å². The van der Waals surface area contributed by atoms with E-state index < -0.39 is 4.92 Å². The molecule has 2 heterocycles. The summed E-state index contributed by atoms with van der Waals surface area (Å²) in [5.74, 6) is -0.221. The van der Waals surface area contributed by atoms with E-state index in [1.807, 2.05) is 5.38 Å². The summed E-state index contributed by atoms with van der Waals surface area (Å²) in [6, 6.07) is 8.55. The number of rotatable bonds is 5. The molecular weight excluding hydrogens is 314 g/mol. The number of nitro benzene ring substituents is 1. The molecule has 0 unspecified atom stereocenters. The van der Waals surface area contributed by atoms with E-state index >= 15 is 0 Å². The molecule has 2 aromatic rings. The van der Waals surface area contributed by atoms with E-state index in [2.05, 4.69) is 21.7 Å². The topological polar surface area (TPSA) is 75.5 Å². The molecule has 1 amide bonds. The second-order valence-electron chi connectivity index (χ2n) is 5.51. The largest absolute Gasteiger partial charge is 0.319 e. The monoisotopic (exact) mass is 331 g/mol. The Balaban J connectivity index is 1.67. The molecule has 23 heavy (non-hydrogen) atoms. The number of nitro groups is 1. The molecule has 7 heteroatoms. The number of thiophene rings is 1. The lowest BCUT2D eigenvalue weighted by Gasteiger charge is -2.23. The van der Waals surface area contributed by atoms with Gasteiger partial charge in [0.2, 0.25) is 5.91 Å². The standard InChI is InChI=1S/C16H17N3O3S/c20-16(17-13-4-1-2-5-15(13)19(21)22)10-18-8-3-6-14(18)12-7-9-23-11-12/h1-2,4-5,7,9,11,14H,3,6,8,10H2,(H,17,20)/t14-/m1/s1. The summed E-state index contributed by atoms with van der Waals surface area (Å²) in [7, 11) is 0. The number of likely N-dealkylation sites (tertiary alicyclic amines) is 1. The molecule has 1 aromatic heterocycles. The van der Waals surface area contributed by atoms with E-state index in [-0.39, 0.29) is 29.9 Å². The zero-order valence-corrected chi connectivity index (χ0v) is 13.3. The highest BCUT2D eigenvalue weighted by Crippen LogP contribution is 2.32. The lowest BCUT2D eigenvalue weighted by Crippen LogP contribution is -2.32. The molecule has 1 aliphatic heterocycles. The summed E-state index contributed by atoms with van der Waals surface area (Å²) in [5, 5.41) is 17.8. The van der Waals surface area contributed by atoms with Gasteiger partial charge in [0, 0.05) is 12.1 Å². The highest BCUT2D eigenvalue weighted by atomic mass is 32.1. The third kappa shape index (κ3) is 3.57. The van der Waals surface area contributed by atoms with Crippen LogP contribution in [0.1, 0.15) is 24.4 Å². The van der Waals surface area contributed by atoms with Crippen molar-refractivity contribution in [2.24, 2.45) is 0 Å². The molecule has 0 bridgehead atoms. The van der Waals surface area contributed by atoms with Crippen LogP contribution in [0.5, 0.6) is 0 Å². The summed E-state index contributed by atoms with van der Waals surface area (Å²) in [5.41, 5.74) is 1.40. The minimum absolute atomic E-state index is 0.0864. The minimum Gasteiger partial charge on any atom is -0.319 e. The second kappa shape index (κ2) is 6.89. The molecule has 1 N–H and O–H groups in total. The van der Waals surface area contributed by atoms with Crippen LogP contribution in [0, 0.1) is 10.1 Å². The van der Waals surface area contributed by atoms with Gasteiger partial charge in [0.15, 0.2) is 0 Å². The Labute approximate surface area is 137 Å². The average molecular weight is 331 g/mol. The Bertz CT molecular complexity index is 702. The quantitative estimate of drug-likeness (QED) is 0.673. The number of anilines is 1. The smallest absolute Gasteiger partial charge is 0.292 e. The second-order valence-corrected chi connectivity index (χ2v) is 6.29. The van der Waals surface area contributed by atoms with Crippen molar-refractivity contribution >= 4 is 28.6 Å². The van der Waals surface area contributed by atoms with Crippen LogP contribution in [-0.4, -0.2) is 28.8 Å². The molecule has 1 aliphatic rings. The zero-order valence-electron chi connectivity index (χ0n) is 12.5. The summed E-state index contributed by atoms with van der Waals surface area (Å²) < 4.78 is 0. The van der Waals surface area contributed by atoms with Crippen molar-refractivity contribution in [1.82, 2.24) is 4.90 Å². The van der Waals surface area contributed by atoms with Gasteiger partial charge in [0.05, 0.1) is 11.5 Å². The average Bonchev–Trinajstić information content (AvgIpc) is 3.18. The van der Waals surface area contributed by atoms with Gasteiger partial charge in [-0.1, -0.05) is 12.1 Å². The van der Waals surface area contributed by atoms with Crippen LogP contribution in [-0.2, 0) is 4.79 Å². The Hall–Kier alpha value is -2.25. The maximum atomic E-state index is 12.3. The van der Waals surface area contributed by atoms with Gasteiger partial charge in [0.25, 0.3) is 5.69 Å². The van der Waals surface area contributed by atoms with Crippen molar-refractivity contribution in [3.63, 3.8) is 0 Å². The molecule has 1 saturated heterocycles. The molecule has 1 aromatic carbocycles. The zero-order chi connectivity index (χ0) is 16.2. The maximum Gasteiger partial charge on any atom is 0.292 e. The van der Waals surface area contributed by atoms with Crippen molar-refractivity contribution in [2.45, 2.75) is 18.9 Å². The van der Waals surface area contributed by atoms with E-state index in [1.54, 1.807) is 29.5 Å². The molecule has 3 rings (SSSR count). The Kier molecular flexibility index (Phi) is 4.68. The Morgan fingerprint density at radius 1 is 1.39 bits per heavy atom. The number of hydrogen-bond acceptors (Lipinski definition) is 5. The number of para-hydroxylation sites is 2. The normalized spacial score (nSPS) is 18.0. The van der Waals surface area contributed by atoms with Gasteiger partial charge >= 0.3 is 0 Å². The maximum absolute atomic E-state index is 12.3. The molecular formula is C16H17N3O3S. The fourth-order valence-corrected chi connectivity index (χ4v) is 3.68. The molecule has 0 spiro atoms. The lowest BCUT2D eigenvalue weighted by atomic mass is 10.1. The van der Waals surface area contributed by atoms with E-state index in [1.165, 1.54) is 11.6 Å². The van der Waals surface area contributed by atoms with Crippen molar-refractivity contribution < 1.29 is 9.72 Å². The van der Waals surface area contributed by atoms with Crippen LogP contribution in [0.25, 0.3) is 0 Å². The van der Waals surface area contributed by atoms with Crippen LogP contribution in [0.4, 0.5) is 11.4 Å². The van der Waals surface area contributed by atoms with Crippen LogP contribution in [0.15, 0.2) is 41.1 Å². The Morgan fingerprint density at radius 2 is 2.22 bits per heavy atom. The minimum atomic E-state index is -0.486. The first-order valence-corrected chi connectivity index (χ1v) is 8.39. The third-order valence-corrected chi connectivity index (χ3v) is 4.71. The molecule has 0 saturated carbocycles. The highest BCUT2D eigenvalue weighted by molar-refractivity contribution is 7.07. The molecule has 1 fully saturated rings. The SMILES string of the molecule is O=C(CN1CCC[C@@H]1c1ccsc1)Nc1ccccc1[N+](=O)[O-]. The Morgan fingerprint density at radius 3 is 2.96 bits per heavy atom. The molecule has 120 valence electrons. The van der Waals surface area contributed by atoms with Crippen molar-refractivity contribution in [3.8, 4) is 0 Å². The van der Waals surface area contributed by atoms with Gasteiger partial charge in [-0.15, -0.1) is 0 Å². The van der Waals surface area contributed by atoms with E-state index in [4.69, 9.17) is 0 Å². The number of carbonyl (C=O) groups excluding carboxylic acids is 1. The lowest BCUT2D eigenvalue weighted by molar-refractivity contribution is -0.383. The first-order chi connectivity index (χ1) is 11.1. The molecule has 1 atom stereocenters. The number of carbonyl (C=O) groups is 1. The summed E-state index contributed by atoms with van der Waals surface area (Å²) >= 11 is 1.65. The molecule has 0 aliphatic carbocycles. The fraction of sp³-hybridized carbons (Fsp3) is 0.312. The third-order valence-electron chi connectivity index (χ3n) is 4.01. The number of benzene rings is 1. The van der Waals surface area contributed by atoms with Crippen molar-refractivity contribution in [1.29, 1.82) is 0 Å². The highest BCUT2D eigenvalue weighted by Gasteiger charge is 2.28. The van der Waals surface area contributed by atoms with Gasteiger partial charge in [-0.05, 0) is 47.8 Å². The van der Waals surface area contributed by atoms with Crippen LogP contribution >= 0.6 is 11.3 Å². The van der Waals surface area contributed by atoms with Crippen LogP contribution < -0.4 is 5.32 Å². The number of hydrogen-bond donors (Lipinski definition) is 1. The predicted octanol–water partition coefficient (Wildman–Crippen LogP) is 3.43. The fourth-order valence-electron chi connectivity index (χ4n) is 2.97. The van der Waals surface area contributed by atoms with Gasteiger partial charge in [0.1, 0.15) is 5.69 Å². The van der Waals surface area contributed by atoms with E-state index in [0.717, 1.165) is 19.4 Å². The first kappa shape index (κ1) is 15.6. The predicted molar refractivity (Wildman–Crippen MR) is 89.6 cm³/mol. The van der Waals surface area contributed by atoms with Gasteiger partial charge in [-0.3, -0.25) is 19.8 Å². The number of nitrogens with zero attached hydrogens (tertiary/aromatic N) is 2. The van der Waals surface area contributed by atoms with Crippen LogP contribution in [0.3, 0.4) is 0 Å². The van der Waals surface area contributed by atoms with E-state index in [9.17, 15) is 14.9 Å². The van der Waals surface area contributed by atoms with Crippen LogP contribution in [0.2, 0.25) is 0 Å². The van der Waals surface area contributed by atoms with Gasteiger partial charge in [-0.25, -0.2) is 0 Å². The summed E-state index contributed by atoms with van der Waals surface area (Å²) in [6.07, 6.45) is 2.09. The molecule has 6 nitrogen and oxygen atoms in total. The van der Waals surface area contributed by atoms with Crippen molar-refractivity contribution in [2.75, 3.05) is 18.4 Å². The number of amides is 1. The van der Waals surface area contributed by atoms with Crippen molar-refractivity contribution in [3.05, 3.63) is 56.8 Å². The van der Waals surface area contributed by atoms with Gasteiger partial charge < -0.3 is 5.32 Å². The first-order valence-electron chi connectivity index (χ1n) is 7.44. The number of nitrogens with one attached hydrogen (secondary N) is 1. The summed E-state index contributed by atoms with van der Waals surface area (Å²) in [4.78, 5) is 24.9. The van der Waals surface area contributed by atoms with E-state index in [0.29, 0.717) is 0 Å². The summed E-state index contributed by atoms with van der Waals surface area (Å²) in [6.45, 7) is 1.11. The molecule has 0 radical (unpaired) electrons.